The van der Waals surface area contributed by atoms with E-state index in [-0.39, 0.29) is 0 Å². The van der Waals surface area contributed by atoms with Crippen molar-refractivity contribution in [2.75, 3.05) is 0 Å². The van der Waals surface area contributed by atoms with Crippen LogP contribution in [0.4, 0.5) is 0 Å². The van der Waals surface area contributed by atoms with Gasteiger partial charge in [-0.1, -0.05) is 41.6 Å². The van der Waals surface area contributed by atoms with E-state index < -0.39 is 0 Å². The summed E-state index contributed by atoms with van der Waals surface area (Å²) in [6, 6.07) is 7.90. The van der Waals surface area contributed by atoms with Crippen LogP contribution in [0.15, 0.2) is 35.5 Å². The maximum absolute atomic E-state index is 8.69. The average molecular weight is 159 g/mol. The minimum absolute atomic E-state index is 0.716. The zero-order valence-electron chi connectivity index (χ0n) is 6.57. The Morgan fingerprint density at radius 2 is 2.08 bits per heavy atom. The van der Waals surface area contributed by atoms with E-state index in [1.807, 2.05) is 36.4 Å². The van der Waals surface area contributed by atoms with Crippen molar-refractivity contribution in [1.82, 2.24) is 0 Å². The van der Waals surface area contributed by atoms with Gasteiger partial charge in [0, 0.05) is 12.0 Å². The Labute approximate surface area is 70.8 Å². The molecular formula is C10H9NO. The van der Waals surface area contributed by atoms with Crippen LogP contribution in [0.1, 0.15) is 17.5 Å². The normalized spacial score (nSPS) is 17.8. The number of allylic oxidation sites excluding steroid dienone is 1. The molecule has 0 heterocycles. The van der Waals surface area contributed by atoms with Crippen LogP contribution in [-0.4, -0.2) is 10.9 Å². The number of hydrogen-bond acceptors (Lipinski definition) is 2. The highest BCUT2D eigenvalue weighted by atomic mass is 16.4. The molecule has 0 atom stereocenters. The standard InChI is InChI=1S/C10H9NO/c12-11-10-7-3-5-8-4-1-2-6-9(8)10/h1-6,12H,7H2/b11-10+. The fraction of sp³-hybridized carbons (Fsp3) is 0.100. The fourth-order valence-electron chi connectivity index (χ4n) is 1.41. The molecule has 0 aromatic heterocycles. The van der Waals surface area contributed by atoms with E-state index in [1.165, 1.54) is 0 Å². The van der Waals surface area contributed by atoms with Crippen LogP contribution in [0.2, 0.25) is 0 Å². The second-order valence-electron chi connectivity index (χ2n) is 2.74. The molecule has 0 unspecified atom stereocenters. The molecule has 0 spiro atoms. The molecule has 0 bridgehead atoms. The Morgan fingerprint density at radius 3 is 2.92 bits per heavy atom. The van der Waals surface area contributed by atoms with Gasteiger partial charge in [0.1, 0.15) is 0 Å². The van der Waals surface area contributed by atoms with Crippen molar-refractivity contribution < 1.29 is 5.21 Å². The molecule has 60 valence electrons. The SMILES string of the molecule is O/N=C1\CC=Cc2ccccc21. The zero-order valence-corrected chi connectivity index (χ0v) is 6.57. The first kappa shape index (κ1) is 7.10. The number of oxime groups is 1. The van der Waals surface area contributed by atoms with Gasteiger partial charge in [-0.25, -0.2) is 0 Å². The summed E-state index contributed by atoms with van der Waals surface area (Å²) in [6.07, 6.45) is 4.76. The van der Waals surface area contributed by atoms with Crippen LogP contribution in [0.5, 0.6) is 0 Å². The fourth-order valence-corrected chi connectivity index (χ4v) is 1.41. The first-order valence-corrected chi connectivity index (χ1v) is 3.88. The Hall–Kier alpha value is -1.57. The Kier molecular flexibility index (Phi) is 1.67. The van der Waals surface area contributed by atoms with E-state index in [1.54, 1.807) is 0 Å². The molecular weight excluding hydrogens is 150 g/mol. The molecule has 0 fully saturated rings. The molecule has 12 heavy (non-hydrogen) atoms. The molecule has 1 aromatic carbocycles. The monoisotopic (exact) mass is 159 g/mol. The summed E-state index contributed by atoms with van der Waals surface area (Å²) in [5, 5.41) is 11.9. The van der Waals surface area contributed by atoms with Crippen molar-refractivity contribution in [3.05, 3.63) is 41.5 Å². The summed E-state index contributed by atoms with van der Waals surface area (Å²) >= 11 is 0. The second-order valence-corrected chi connectivity index (χ2v) is 2.74. The third kappa shape index (κ3) is 1.01. The summed E-state index contributed by atoms with van der Waals surface area (Å²) in [5.74, 6) is 0. The van der Waals surface area contributed by atoms with Crippen molar-refractivity contribution in [3.8, 4) is 0 Å². The molecule has 1 aliphatic rings. The van der Waals surface area contributed by atoms with Gasteiger partial charge in [0.2, 0.25) is 0 Å². The molecule has 0 aliphatic heterocycles. The van der Waals surface area contributed by atoms with Crippen LogP contribution >= 0.6 is 0 Å². The summed E-state index contributed by atoms with van der Waals surface area (Å²) in [7, 11) is 0. The van der Waals surface area contributed by atoms with Gasteiger partial charge in [-0.2, -0.15) is 0 Å². The summed E-state index contributed by atoms with van der Waals surface area (Å²) in [5.41, 5.74) is 2.90. The highest BCUT2D eigenvalue weighted by Crippen LogP contribution is 2.18. The molecule has 2 rings (SSSR count). The predicted molar refractivity (Wildman–Crippen MR) is 48.4 cm³/mol. The molecule has 0 saturated heterocycles. The topological polar surface area (TPSA) is 32.6 Å². The number of rotatable bonds is 0. The van der Waals surface area contributed by atoms with Crippen LogP contribution in [0, 0.1) is 0 Å². The van der Waals surface area contributed by atoms with E-state index in [9.17, 15) is 0 Å². The van der Waals surface area contributed by atoms with E-state index >= 15 is 0 Å². The van der Waals surface area contributed by atoms with E-state index in [0.29, 0.717) is 6.42 Å². The van der Waals surface area contributed by atoms with Crippen molar-refractivity contribution in [2.24, 2.45) is 5.16 Å². The lowest BCUT2D eigenvalue weighted by molar-refractivity contribution is 0.318. The molecule has 1 N–H and O–H groups in total. The second kappa shape index (κ2) is 2.81. The maximum atomic E-state index is 8.69. The smallest absolute Gasteiger partial charge is 0.0911 e. The predicted octanol–water partition coefficient (Wildman–Crippen LogP) is 2.28. The molecule has 1 aromatic rings. The van der Waals surface area contributed by atoms with Crippen LogP contribution in [0.25, 0.3) is 6.08 Å². The number of fused-ring (bicyclic) bond motifs is 1. The third-order valence-corrected chi connectivity index (χ3v) is 2.00. The molecule has 2 nitrogen and oxygen atoms in total. The Balaban J connectivity index is 2.60. The van der Waals surface area contributed by atoms with Gasteiger partial charge in [-0.15, -0.1) is 0 Å². The minimum Gasteiger partial charge on any atom is -0.411 e. The molecule has 2 heteroatoms. The molecule has 0 saturated carbocycles. The van der Waals surface area contributed by atoms with E-state index in [0.717, 1.165) is 16.8 Å². The number of hydrogen-bond donors (Lipinski definition) is 1. The van der Waals surface area contributed by atoms with Gasteiger partial charge >= 0.3 is 0 Å². The highest BCUT2D eigenvalue weighted by Gasteiger charge is 2.09. The summed E-state index contributed by atoms with van der Waals surface area (Å²) < 4.78 is 0. The van der Waals surface area contributed by atoms with E-state index in [2.05, 4.69) is 5.16 Å². The highest BCUT2D eigenvalue weighted by molar-refractivity contribution is 6.06. The lowest BCUT2D eigenvalue weighted by Crippen LogP contribution is -2.05. The summed E-state index contributed by atoms with van der Waals surface area (Å²) in [6.45, 7) is 0. The van der Waals surface area contributed by atoms with Gasteiger partial charge in [-0.05, 0) is 5.56 Å². The Morgan fingerprint density at radius 1 is 1.25 bits per heavy atom. The minimum atomic E-state index is 0.716. The van der Waals surface area contributed by atoms with Crippen molar-refractivity contribution in [3.63, 3.8) is 0 Å². The molecule has 0 radical (unpaired) electrons. The van der Waals surface area contributed by atoms with Gasteiger partial charge in [0.25, 0.3) is 0 Å². The van der Waals surface area contributed by atoms with Crippen molar-refractivity contribution in [2.45, 2.75) is 6.42 Å². The quantitative estimate of drug-likeness (QED) is 0.457. The van der Waals surface area contributed by atoms with E-state index in [4.69, 9.17) is 5.21 Å². The average Bonchev–Trinajstić information content (AvgIpc) is 2.17. The van der Waals surface area contributed by atoms with Crippen LogP contribution in [0.3, 0.4) is 0 Å². The Bertz CT molecular complexity index is 353. The number of benzene rings is 1. The number of nitrogens with zero attached hydrogens (tertiary/aromatic N) is 1. The lowest BCUT2D eigenvalue weighted by Gasteiger charge is -2.10. The van der Waals surface area contributed by atoms with Gasteiger partial charge in [0.05, 0.1) is 5.71 Å². The molecule has 0 amide bonds. The van der Waals surface area contributed by atoms with Crippen LogP contribution in [-0.2, 0) is 0 Å². The van der Waals surface area contributed by atoms with Gasteiger partial charge < -0.3 is 5.21 Å². The first-order valence-electron chi connectivity index (χ1n) is 3.88. The largest absolute Gasteiger partial charge is 0.411 e. The van der Waals surface area contributed by atoms with Crippen molar-refractivity contribution in [1.29, 1.82) is 0 Å². The molecule has 1 aliphatic carbocycles. The van der Waals surface area contributed by atoms with Crippen molar-refractivity contribution >= 4 is 11.8 Å². The van der Waals surface area contributed by atoms with Crippen LogP contribution < -0.4 is 0 Å². The van der Waals surface area contributed by atoms with Gasteiger partial charge in [0.15, 0.2) is 0 Å². The zero-order chi connectivity index (χ0) is 8.39. The maximum Gasteiger partial charge on any atom is 0.0911 e. The third-order valence-electron chi connectivity index (χ3n) is 2.00. The van der Waals surface area contributed by atoms with Gasteiger partial charge in [-0.3, -0.25) is 0 Å². The summed E-state index contributed by atoms with van der Waals surface area (Å²) in [4.78, 5) is 0. The lowest BCUT2D eigenvalue weighted by atomic mass is 9.96. The first-order chi connectivity index (χ1) is 5.92.